The third kappa shape index (κ3) is 6.02. The molecule has 0 spiro atoms. The molecule has 8 heteroatoms. The van der Waals surface area contributed by atoms with Crippen LogP contribution in [0, 0.1) is 5.92 Å². The van der Waals surface area contributed by atoms with Crippen LogP contribution in [0.3, 0.4) is 0 Å². The van der Waals surface area contributed by atoms with Crippen LogP contribution in [0.25, 0.3) is 0 Å². The zero-order chi connectivity index (χ0) is 23.8. The first kappa shape index (κ1) is 26.1. The van der Waals surface area contributed by atoms with Gasteiger partial charge >= 0.3 is 7.12 Å². The molecule has 2 amide bonds. The molecule has 2 fully saturated rings. The molecule has 0 aromatic carbocycles. The molecule has 0 bridgehead atoms. The number of carbonyl (C=O) groups is 2. The molecule has 0 aromatic rings. The third-order valence-electron chi connectivity index (χ3n) is 7.06. The molecule has 178 valence electrons. The molecular weight excluding hydrogens is 393 g/mol. The van der Waals surface area contributed by atoms with Crippen molar-refractivity contribution in [2.45, 2.75) is 116 Å². The van der Waals surface area contributed by atoms with Gasteiger partial charge in [-0.1, -0.05) is 6.42 Å². The van der Waals surface area contributed by atoms with Gasteiger partial charge in [0.1, 0.15) is 5.54 Å². The Bertz CT molecular complexity index is 658. The van der Waals surface area contributed by atoms with Gasteiger partial charge in [0.05, 0.1) is 11.2 Å². The molecule has 1 heterocycles. The maximum Gasteiger partial charge on any atom is 0.457 e. The molecule has 1 saturated carbocycles. The molecule has 3 atom stereocenters. The zero-order valence-corrected chi connectivity index (χ0v) is 21.3. The second-order valence-corrected chi connectivity index (χ2v) is 11.7. The Kier molecular flexibility index (Phi) is 7.61. The highest BCUT2D eigenvalue weighted by Crippen LogP contribution is 2.41. The molecule has 1 aliphatic carbocycles. The van der Waals surface area contributed by atoms with Crippen LogP contribution in [0.5, 0.6) is 0 Å². The summed E-state index contributed by atoms with van der Waals surface area (Å²) in [6.45, 7) is 15.7. The van der Waals surface area contributed by atoms with Crippen LogP contribution >= 0.6 is 0 Å². The Morgan fingerprint density at radius 3 is 2.06 bits per heavy atom. The highest BCUT2D eigenvalue weighted by molar-refractivity contribution is 6.45. The summed E-state index contributed by atoms with van der Waals surface area (Å²) in [4.78, 5) is 27.9. The predicted octanol–water partition coefficient (Wildman–Crippen LogP) is 2.99. The fourth-order valence-corrected chi connectivity index (χ4v) is 4.93. The number of rotatable bonds is 6. The lowest BCUT2D eigenvalue weighted by molar-refractivity contribution is -0.139. The zero-order valence-electron chi connectivity index (χ0n) is 21.3. The third-order valence-corrected chi connectivity index (χ3v) is 7.06. The Balaban J connectivity index is 2.20. The Morgan fingerprint density at radius 2 is 1.61 bits per heavy atom. The SMILES string of the molecule is CC(=O)N[C@]1(C(=O)NC(C)(C)C)C[C@H](CCB2OC(C)(C)C(C)(C)O2)CCC1N(C)C. The van der Waals surface area contributed by atoms with E-state index in [9.17, 15) is 9.59 Å². The van der Waals surface area contributed by atoms with E-state index < -0.39 is 5.54 Å². The Hall–Kier alpha value is -1.12. The van der Waals surface area contributed by atoms with Gasteiger partial charge in [-0.15, -0.1) is 0 Å². The van der Waals surface area contributed by atoms with Crippen LogP contribution in [0.4, 0.5) is 0 Å². The number of nitrogens with one attached hydrogen (secondary N) is 2. The molecule has 1 unspecified atom stereocenters. The summed E-state index contributed by atoms with van der Waals surface area (Å²) >= 11 is 0. The molecule has 2 rings (SSSR count). The van der Waals surface area contributed by atoms with E-state index in [0.29, 0.717) is 12.3 Å². The molecule has 1 saturated heterocycles. The molecule has 1 aliphatic heterocycles. The molecule has 31 heavy (non-hydrogen) atoms. The predicted molar refractivity (Wildman–Crippen MR) is 125 cm³/mol. The Labute approximate surface area is 189 Å². The van der Waals surface area contributed by atoms with E-state index in [0.717, 1.165) is 25.6 Å². The summed E-state index contributed by atoms with van der Waals surface area (Å²) < 4.78 is 12.3. The van der Waals surface area contributed by atoms with Gasteiger partial charge in [-0.05, 0) is 94.1 Å². The molecule has 2 aliphatic rings. The average Bonchev–Trinajstić information content (AvgIpc) is 2.77. The van der Waals surface area contributed by atoms with Gasteiger partial charge in [-0.3, -0.25) is 9.59 Å². The minimum absolute atomic E-state index is 0.0631. The lowest BCUT2D eigenvalue weighted by Crippen LogP contribution is -2.71. The maximum absolute atomic E-state index is 13.6. The van der Waals surface area contributed by atoms with Crippen molar-refractivity contribution in [3.63, 3.8) is 0 Å². The summed E-state index contributed by atoms with van der Waals surface area (Å²) in [6.07, 6.45) is 4.13. The van der Waals surface area contributed by atoms with Crippen LogP contribution < -0.4 is 10.6 Å². The second-order valence-electron chi connectivity index (χ2n) is 11.7. The van der Waals surface area contributed by atoms with Gasteiger partial charge in [-0.25, -0.2) is 0 Å². The largest absolute Gasteiger partial charge is 0.457 e. The number of hydrogen-bond donors (Lipinski definition) is 2. The van der Waals surface area contributed by atoms with E-state index in [-0.39, 0.29) is 41.7 Å². The quantitative estimate of drug-likeness (QED) is 0.625. The van der Waals surface area contributed by atoms with Crippen molar-refractivity contribution in [1.29, 1.82) is 0 Å². The van der Waals surface area contributed by atoms with E-state index >= 15 is 0 Å². The topological polar surface area (TPSA) is 79.9 Å². The van der Waals surface area contributed by atoms with Crippen molar-refractivity contribution in [1.82, 2.24) is 15.5 Å². The van der Waals surface area contributed by atoms with E-state index in [1.807, 2.05) is 34.9 Å². The molecule has 7 nitrogen and oxygen atoms in total. The molecule has 2 N–H and O–H groups in total. The van der Waals surface area contributed by atoms with Crippen molar-refractivity contribution >= 4 is 18.9 Å². The maximum atomic E-state index is 13.6. The molecular formula is C23H44BN3O4. The van der Waals surface area contributed by atoms with Crippen molar-refractivity contribution in [3.05, 3.63) is 0 Å². The van der Waals surface area contributed by atoms with Crippen molar-refractivity contribution in [2.75, 3.05) is 14.1 Å². The summed E-state index contributed by atoms with van der Waals surface area (Å²) in [7, 11) is 3.72. The monoisotopic (exact) mass is 437 g/mol. The minimum atomic E-state index is -0.957. The lowest BCUT2D eigenvalue weighted by Gasteiger charge is -2.49. The van der Waals surface area contributed by atoms with Gasteiger partial charge in [0.15, 0.2) is 0 Å². The van der Waals surface area contributed by atoms with E-state index in [1.54, 1.807) is 0 Å². The van der Waals surface area contributed by atoms with Crippen LogP contribution in [0.15, 0.2) is 0 Å². The fraction of sp³-hybridized carbons (Fsp3) is 0.913. The van der Waals surface area contributed by atoms with Gasteiger partial charge in [-0.2, -0.15) is 0 Å². The van der Waals surface area contributed by atoms with E-state index in [2.05, 4.69) is 43.2 Å². The number of hydrogen-bond acceptors (Lipinski definition) is 5. The Morgan fingerprint density at radius 1 is 1.06 bits per heavy atom. The number of carbonyl (C=O) groups excluding carboxylic acids is 2. The van der Waals surface area contributed by atoms with Crippen molar-refractivity contribution in [2.24, 2.45) is 5.92 Å². The first-order valence-electron chi connectivity index (χ1n) is 11.6. The summed E-state index contributed by atoms with van der Waals surface area (Å²) in [5.74, 6) is 0.0181. The smallest absolute Gasteiger partial charge is 0.403 e. The number of nitrogens with zero attached hydrogens (tertiary/aromatic N) is 1. The summed E-state index contributed by atoms with van der Waals surface area (Å²) in [5.41, 5.74) is -2.02. The standard InChI is InChI=1S/C23H44BN3O4/c1-16(28)25-23(19(29)26-20(2,3)4)15-17(11-12-18(23)27(9)10)13-14-24-30-21(5,6)22(7,8)31-24/h17-18H,11-15H2,1-10H3,(H,25,28)(H,26,29)/t17-,18?,23+/m0/s1. The van der Waals surface area contributed by atoms with Crippen molar-refractivity contribution < 1.29 is 18.9 Å². The molecule has 0 aromatic heterocycles. The molecule has 0 radical (unpaired) electrons. The average molecular weight is 437 g/mol. The highest BCUT2D eigenvalue weighted by atomic mass is 16.7. The first-order chi connectivity index (χ1) is 14.0. The first-order valence-corrected chi connectivity index (χ1v) is 11.6. The fourth-order valence-electron chi connectivity index (χ4n) is 4.93. The van der Waals surface area contributed by atoms with Gasteiger partial charge in [0.2, 0.25) is 11.8 Å². The lowest BCUT2D eigenvalue weighted by atomic mass is 9.67. The second kappa shape index (κ2) is 9.03. The van der Waals surface area contributed by atoms with Crippen LogP contribution in [-0.4, -0.2) is 66.2 Å². The van der Waals surface area contributed by atoms with E-state index in [4.69, 9.17) is 9.31 Å². The van der Waals surface area contributed by atoms with Crippen molar-refractivity contribution in [3.8, 4) is 0 Å². The summed E-state index contributed by atoms with van der Waals surface area (Å²) in [6, 6.07) is -0.0631. The van der Waals surface area contributed by atoms with Crippen LogP contribution in [0.1, 0.15) is 81.1 Å². The van der Waals surface area contributed by atoms with Crippen LogP contribution in [-0.2, 0) is 18.9 Å². The minimum Gasteiger partial charge on any atom is -0.403 e. The van der Waals surface area contributed by atoms with Crippen LogP contribution in [0.2, 0.25) is 6.32 Å². The van der Waals surface area contributed by atoms with Gasteiger partial charge in [0, 0.05) is 18.5 Å². The highest BCUT2D eigenvalue weighted by Gasteiger charge is 2.53. The summed E-state index contributed by atoms with van der Waals surface area (Å²) in [5, 5.41) is 6.21. The normalized spacial score (nSPS) is 30.4. The van der Waals surface area contributed by atoms with E-state index in [1.165, 1.54) is 6.92 Å². The number of likely N-dealkylation sites (N-methyl/N-ethyl adjacent to an activating group) is 1. The number of amides is 2. The van der Waals surface area contributed by atoms with Gasteiger partial charge in [0.25, 0.3) is 0 Å². The van der Waals surface area contributed by atoms with Gasteiger partial charge < -0.3 is 24.8 Å².